The lowest BCUT2D eigenvalue weighted by atomic mass is 10.1. The summed E-state index contributed by atoms with van der Waals surface area (Å²) in [7, 11) is 1.61. The molecule has 0 aromatic heterocycles. The predicted molar refractivity (Wildman–Crippen MR) is 143 cm³/mol. The average Bonchev–Trinajstić information content (AvgIpc) is 2.75. The van der Waals surface area contributed by atoms with Crippen molar-refractivity contribution >= 4 is 73.2 Å². The van der Waals surface area contributed by atoms with Crippen LogP contribution in [0.3, 0.4) is 0 Å². The first-order valence-electron chi connectivity index (χ1n) is 9.25. The highest BCUT2D eigenvalue weighted by molar-refractivity contribution is 14.1. The van der Waals surface area contributed by atoms with Crippen LogP contribution in [0.5, 0.6) is 11.5 Å². The maximum absolute atomic E-state index is 12.1. The molecule has 0 heterocycles. The van der Waals surface area contributed by atoms with E-state index in [0.717, 1.165) is 39.8 Å². The average molecular weight is 705 g/mol. The van der Waals surface area contributed by atoms with Gasteiger partial charge in [0, 0.05) is 4.47 Å². The van der Waals surface area contributed by atoms with Crippen molar-refractivity contribution < 1.29 is 14.3 Å². The van der Waals surface area contributed by atoms with Crippen molar-refractivity contribution in [3.8, 4) is 11.5 Å². The number of nitrogens with one attached hydrogen (secondary N) is 1. The number of hydrogen-bond donors (Lipinski definition) is 1. The number of benzene rings is 3. The number of hydrazone groups is 1. The largest absolute Gasteiger partial charge is 0.497 e. The smallest absolute Gasteiger partial charge is 0.244 e. The first kappa shape index (κ1) is 24.0. The SMILES string of the molecule is COc1ccc(CC(=O)N/N=C\c2cc(I)c(OCc3ccc(Br)cc3)c(I)c2)cc1. The van der Waals surface area contributed by atoms with Crippen LogP contribution in [0.15, 0.2) is 70.2 Å². The molecule has 0 spiro atoms. The van der Waals surface area contributed by atoms with Crippen molar-refractivity contribution in [2.75, 3.05) is 7.11 Å². The third-order valence-corrected chi connectivity index (χ3v) is 6.37. The number of halogens is 3. The van der Waals surface area contributed by atoms with E-state index in [1.807, 2.05) is 60.7 Å². The molecule has 0 aliphatic carbocycles. The number of carbonyl (C=O) groups excluding carboxylic acids is 1. The zero-order valence-electron chi connectivity index (χ0n) is 16.6. The molecule has 0 aliphatic rings. The fraction of sp³-hybridized carbons (Fsp3) is 0.130. The third kappa shape index (κ3) is 7.46. The monoisotopic (exact) mass is 704 g/mol. The molecule has 0 bridgehead atoms. The molecule has 3 aromatic carbocycles. The number of nitrogens with zero attached hydrogens (tertiary/aromatic N) is 1. The maximum atomic E-state index is 12.1. The zero-order valence-corrected chi connectivity index (χ0v) is 22.5. The normalized spacial score (nSPS) is 10.8. The Bertz CT molecular complexity index is 1050. The molecule has 0 saturated heterocycles. The first-order chi connectivity index (χ1) is 14.9. The molecule has 3 aromatic rings. The molecule has 3 rings (SSSR count). The fourth-order valence-electron chi connectivity index (χ4n) is 2.68. The number of carbonyl (C=O) groups is 1. The van der Waals surface area contributed by atoms with Gasteiger partial charge in [0.05, 0.1) is 26.9 Å². The molecule has 0 saturated carbocycles. The summed E-state index contributed by atoms with van der Waals surface area (Å²) < 4.78 is 14.1. The van der Waals surface area contributed by atoms with Gasteiger partial charge in [-0.05, 0) is 98.3 Å². The van der Waals surface area contributed by atoms with E-state index in [1.54, 1.807) is 13.3 Å². The van der Waals surface area contributed by atoms with Gasteiger partial charge in [0.25, 0.3) is 0 Å². The number of rotatable bonds is 8. The van der Waals surface area contributed by atoms with E-state index in [2.05, 4.69) is 71.6 Å². The minimum Gasteiger partial charge on any atom is -0.497 e. The molecule has 0 atom stereocenters. The van der Waals surface area contributed by atoms with Crippen molar-refractivity contribution in [2.45, 2.75) is 13.0 Å². The number of methoxy groups -OCH3 is 1. The standard InChI is InChI=1S/C23H19BrI2N2O3/c1-30-19-8-4-15(5-9-19)12-22(29)28-27-13-17-10-20(25)23(21(26)11-17)31-14-16-2-6-18(24)7-3-16/h2-11,13H,12,14H2,1H3,(H,28,29)/b27-13-. The highest BCUT2D eigenvalue weighted by Gasteiger charge is 2.09. The summed E-state index contributed by atoms with van der Waals surface area (Å²) in [4.78, 5) is 12.1. The molecule has 0 unspecified atom stereocenters. The Morgan fingerprint density at radius 3 is 2.26 bits per heavy atom. The van der Waals surface area contributed by atoms with Crippen LogP contribution in [0.2, 0.25) is 0 Å². The molecule has 0 radical (unpaired) electrons. The maximum Gasteiger partial charge on any atom is 0.244 e. The minimum absolute atomic E-state index is 0.180. The lowest BCUT2D eigenvalue weighted by Crippen LogP contribution is -2.19. The van der Waals surface area contributed by atoms with Gasteiger partial charge >= 0.3 is 0 Å². The molecule has 1 amide bonds. The van der Waals surface area contributed by atoms with E-state index in [-0.39, 0.29) is 12.3 Å². The third-order valence-electron chi connectivity index (χ3n) is 4.24. The minimum atomic E-state index is -0.180. The van der Waals surface area contributed by atoms with E-state index in [0.29, 0.717) is 6.61 Å². The molecular weight excluding hydrogens is 686 g/mol. The summed E-state index contributed by atoms with van der Waals surface area (Å²) in [6.45, 7) is 0.494. The van der Waals surface area contributed by atoms with Crippen LogP contribution in [0, 0.1) is 7.14 Å². The molecule has 0 fully saturated rings. The van der Waals surface area contributed by atoms with Crippen molar-refractivity contribution in [3.63, 3.8) is 0 Å². The number of ether oxygens (including phenoxy) is 2. The predicted octanol–water partition coefficient (Wildman–Crippen LogP) is 5.94. The van der Waals surface area contributed by atoms with Crippen LogP contribution in [0.1, 0.15) is 16.7 Å². The molecule has 160 valence electrons. The van der Waals surface area contributed by atoms with Crippen molar-refractivity contribution in [1.29, 1.82) is 0 Å². The Morgan fingerprint density at radius 2 is 1.65 bits per heavy atom. The van der Waals surface area contributed by atoms with Gasteiger partial charge in [-0.25, -0.2) is 5.43 Å². The van der Waals surface area contributed by atoms with Gasteiger partial charge in [-0.15, -0.1) is 0 Å². The van der Waals surface area contributed by atoms with Crippen LogP contribution in [0.25, 0.3) is 0 Å². The van der Waals surface area contributed by atoms with Crippen molar-refractivity contribution in [3.05, 3.63) is 89.0 Å². The van der Waals surface area contributed by atoms with Crippen LogP contribution in [-0.2, 0) is 17.8 Å². The highest BCUT2D eigenvalue weighted by Crippen LogP contribution is 2.29. The molecule has 31 heavy (non-hydrogen) atoms. The Balaban J connectivity index is 1.56. The van der Waals surface area contributed by atoms with Gasteiger partial charge < -0.3 is 9.47 Å². The summed E-state index contributed by atoms with van der Waals surface area (Å²) in [6.07, 6.45) is 1.88. The molecular formula is C23H19BrI2N2O3. The van der Waals surface area contributed by atoms with E-state index >= 15 is 0 Å². The first-order valence-corrected chi connectivity index (χ1v) is 12.2. The number of hydrogen-bond acceptors (Lipinski definition) is 4. The Hall–Kier alpha value is -1.66. The topological polar surface area (TPSA) is 59.9 Å². The lowest BCUT2D eigenvalue weighted by Gasteiger charge is -2.11. The van der Waals surface area contributed by atoms with E-state index in [1.165, 1.54) is 0 Å². The van der Waals surface area contributed by atoms with Crippen LogP contribution < -0.4 is 14.9 Å². The summed E-state index contributed by atoms with van der Waals surface area (Å²) in [5, 5.41) is 4.08. The summed E-state index contributed by atoms with van der Waals surface area (Å²) in [6, 6.07) is 19.4. The van der Waals surface area contributed by atoms with Gasteiger partial charge in [-0.1, -0.05) is 40.2 Å². The second kappa shape index (κ2) is 11.8. The summed E-state index contributed by atoms with van der Waals surface area (Å²) >= 11 is 7.94. The second-order valence-corrected chi connectivity index (χ2v) is 9.79. The van der Waals surface area contributed by atoms with Gasteiger partial charge in [-0.3, -0.25) is 4.79 Å². The van der Waals surface area contributed by atoms with Gasteiger partial charge in [-0.2, -0.15) is 5.10 Å². The van der Waals surface area contributed by atoms with Gasteiger partial charge in [0.15, 0.2) is 0 Å². The van der Waals surface area contributed by atoms with Crippen molar-refractivity contribution in [2.24, 2.45) is 5.10 Å². The van der Waals surface area contributed by atoms with Gasteiger partial charge in [0.2, 0.25) is 5.91 Å². The van der Waals surface area contributed by atoms with Crippen LogP contribution >= 0.6 is 61.1 Å². The van der Waals surface area contributed by atoms with Gasteiger partial charge in [0.1, 0.15) is 18.1 Å². The molecule has 1 N–H and O–H groups in total. The zero-order chi connectivity index (χ0) is 22.2. The van der Waals surface area contributed by atoms with Crippen LogP contribution in [-0.4, -0.2) is 19.2 Å². The Morgan fingerprint density at radius 1 is 1.03 bits per heavy atom. The highest BCUT2D eigenvalue weighted by atomic mass is 127. The quantitative estimate of drug-likeness (QED) is 0.180. The molecule has 8 heteroatoms. The van der Waals surface area contributed by atoms with E-state index in [4.69, 9.17) is 9.47 Å². The summed E-state index contributed by atoms with van der Waals surface area (Å²) in [5.41, 5.74) is 5.45. The Kier molecular flexibility index (Phi) is 9.15. The van der Waals surface area contributed by atoms with Crippen LogP contribution in [0.4, 0.5) is 0 Å². The van der Waals surface area contributed by atoms with Crippen molar-refractivity contribution in [1.82, 2.24) is 5.43 Å². The summed E-state index contributed by atoms with van der Waals surface area (Å²) in [5.74, 6) is 1.42. The second-order valence-electron chi connectivity index (χ2n) is 6.55. The lowest BCUT2D eigenvalue weighted by molar-refractivity contribution is -0.120. The Labute approximate surface area is 217 Å². The molecule has 5 nitrogen and oxygen atoms in total. The van der Waals surface area contributed by atoms with E-state index in [9.17, 15) is 4.79 Å². The van der Waals surface area contributed by atoms with E-state index < -0.39 is 0 Å². The fourth-order valence-corrected chi connectivity index (χ4v) is 5.07. The molecule has 0 aliphatic heterocycles. The number of amides is 1.